The number of ether oxygens (including phenoxy) is 1. The van der Waals surface area contributed by atoms with Crippen molar-refractivity contribution in [1.29, 1.82) is 0 Å². The van der Waals surface area contributed by atoms with E-state index >= 15 is 0 Å². The van der Waals surface area contributed by atoms with Crippen LogP contribution in [0.1, 0.15) is 43.7 Å². The van der Waals surface area contributed by atoms with Gasteiger partial charge in [-0.2, -0.15) is 0 Å². The Bertz CT molecular complexity index is 655. The third-order valence-electron chi connectivity index (χ3n) is 4.43. The minimum Gasteiger partial charge on any atom is -0.378 e. The molecule has 1 aliphatic carbocycles. The first-order valence-electron chi connectivity index (χ1n) is 8.01. The van der Waals surface area contributed by atoms with Crippen LogP contribution >= 0.6 is 0 Å². The topological polar surface area (TPSA) is 55.4 Å². The molecule has 0 aromatic heterocycles. The van der Waals surface area contributed by atoms with Crippen LogP contribution in [0.3, 0.4) is 0 Å². The SMILES string of the molecule is O=S(=O)(CC[C@H]1CCCO1)N[C@H](c1cc(F)ccc1F)C1CC1. The summed E-state index contributed by atoms with van der Waals surface area (Å²) in [7, 11) is -3.57. The fourth-order valence-electron chi connectivity index (χ4n) is 3.01. The standard InChI is InChI=1S/C16H21F2NO3S/c17-12-5-6-15(18)14(10-12)16(11-3-4-11)19-23(20,21)9-7-13-2-1-8-22-13/h5-6,10-11,13,16,19H,1-4,7-9H2/t13-,16+/m1/s1. The zero-order chi connectivity index (χ0) is 16.4. The monoisotopic (exact) mass is 345 g/mol. The Balaban J connectivity index is 1.70. The van der Waals surface area contributed by atoms with E-state index in [-0.39, 0.29) is 23.3 Å². The molecule has 2 atom stereocenters. The van der Waals surface area contributed by atoms with Crippen LogP contribution in [0.25, 0.3) is 0 Å². The van der Waals surface area contributed by atoms with Gasteiger partial charge in [-0.3, -0.25) is 0 Å². The van der Waals surface area contributed by atoms with Crippen molar-refractivity contribution in [3.63, 3.8) is 0 Å². The molecule has 0 bridgehead atoms. The average Bonchev–Trinajstić information content (AvgIpc) is 3.21. The van der Waals surface area contributed by atoms with Crippen LogP contribution in [-0.2, 0) is 14.8 Å². The molecular formula is C16H21F2NO3S. The highest BCUT2D eigenvalue weighted by Crippen LogP contribution is 2.42. The van der Waals surface area contributed by atoms with E-state index in [9.17, 15) is 17.2 Å². The van der Waals surface area contributed by atoms with E-state index in [1.54, 1.807) is 0 Å². The van der Waals surface area contributed by atoms with Crippen LogP contribution < -0.4 is 4.72 Å². The van der Waals surface area contributed by atoms with Crippen molar-refractivity contribution in [3.05, 3.63) is 35.4 Å². The highest BCUT2D eigenvalue weighted by Gasteiger charge is 2.36. The van der Waals surface area contributed by atoms with Crippen LogP contribution in [-0.4, -0.2) is 26.9 Å². The minimum absolute atomic E-state index is 0.0168. The van der Waals surface area contributed by atoms with Crippen LogP contribution in [0.2, 0.25) is 0 Å². The summed E-state index contributed by atoms with van der Waals surface area (Å²) in [4.78, 5) is 0. The number of sulfonamides is 1. The van der Waals surface area contributed by atoms with E-state index in [1.165, 1.54) is 0 Å². The Kier molecular flexibility index (Phi) is 4.98. The molecule has 1 N–H and O–H groups in total. The molecule has 2 aliphatic rings. The summed E-state index contributed by atoms with van der Waals surface area (Å²) in [6, 6.07) is 2.47. The fourth-order valence-corrected chi connectivity index (χ4v) is 4.40. The van der Waals surface area contributed by atoms with Crippen molar-refractivity contribution in [2.45, 2.75) is 44.2 Å². The van der Waals surface area contributed by atoms with Gasteiger partial charge in [-0.15, -0.1) is 0 Å². The highest BCUT2D eigenvalue weighted by molar-refractivity contribution is 7.89. The summed E-state index contributed by atoms with van der Waals surface area (Å²) in [5.41, 5.74) is 0.0909. The van der Waals surface area contributed by atoms with Gasteiger partial charge in [0.25, 0.3) is 0 Å². The number of hydrogen-bond donors (Lipinski definition) is 1. The third-order valence-corrected chi connectivity index (χ3v) is 5.81. The summed E-state index contributed by atoms with van der Waals surface area (Å²) < 4.78 is 60.0. The average molecular weight is 345 g/mol. The molecule has 4 nitrogen and oxygen atoms in total. The second-order valence-corrected chi connectivity index (χ2v) is 8.21. The Hall–Kier alpha value is -1.05. The van der Waals surface area contributed by atoms with Gasteiger partial charge in [0.1, 0.15) is 11.6 Å². The molecule has 7 heteroatoms. The largest absolute Gasteiger partial charge is 0.378 e. The van der Waals surface area contributed by atoms with Gasteiger partial charge in [0, 0.05) is 12.2 Å². The van der Waals surface area contributed by atoms with E-state index in [0.717, 1.165) is 43.9 Å². The summed E-state index contributed by atoms with van der Waals surface area (Å²) in [6.07, 6.45) is 3.87. The maximum absolute atomic E-state index is 14.0. The molecule has 0 radical (unpaired) electrons. The van der Waals surface area contributed by atoms with Gasteiger partial charge in [0.15, 0.2) is 0 Å². The number of benzene rings is 1. The second kappa shape index (κ2) is 6.83. The summed E-state index contributed by atoms with van der Waals surface area (Å²) in [5, 5.41) is 0. The van der Waals surface area contributed by atoms with E-state index in [2.05, 4.69) is 4.72 Å². The van der Waals surface area contributed by atoms with Gasteiger partial charge in [0.2, 0.25) is 10.0 Å². The summed E-state index contributed by atoms with van der Waals surface area (Å²) in [6.45, 7) is 0.678. The lowest BCUT2D eigenvalue weighted by atomic mass is 10.0. The molecule has 1 aliphatic heterocycles. The Morgan fingerprint density at radius 2 is 2.04 bits per heavy atom. The molecule has 3 rings (SSSR count). The number of rotatable bonds is 7. The summed E-state index contributed by atoms with van der Waals surface area (Å²) in [5.74, 6) is -1.17. The number of hydrogen-bond acceptors (Lipinski definition) is 3. The van der Waals surface area contributed by atoms with Crippen molar-refractivity contribution < 1.29 is 21.9 Å². The van der Waals surface area contributed by atoms with Crippen LogP contribution in [0.15, 0.2) is 18.2 Å². The molecule has 0 amide bonds. The summed E-state index contributed by atoms with van der Waals surface area (Å²) >= 11 is 0. The van der Waals surface area contributed by atoms with Gasteiger partial charge >= 0.3 is 0 Å². The molecule has 0 spiro atoms. The zero-order valence-electron chi connectivity index (χ0n) is 12.8. The van der Waals surface area contributed by atoms with Crippen molar-refractivity contribution in [2.75, 3.05) is 12.4 Å². The van der Waals surface area contributed by atoms with Gasteiger partial charge in [-0.1, -0.05) is 0 Å². The molecule has 0 unspecified atom stereocenters. The van der Waals surface area contributed by atoms with Gasteiger partial charge in [-0.05, 0) is 56.2 Å². The van der Waals surface area contributed by atoms with Gasteiger partial charge in [0.05, 0.1) is 17.9 Å². The Labute approximate surface area is 135 Å². The van der Waals surface area contributed by atoms with Gasteiger partial charge < -0.3 is 4.74 Å². The van der Waals surface area contributed by atoms with Crippen molar-refractivity contribution in [3.8, 4) is 0 Å². The minimum atomic E-state index is -3.57. The fraction of sp³-hybridized carbons (Fsp3) is 0.625. The first-order valence-corrected chi connectivity index (χ1v) is 9.66. The van der Waals surface area contributed by atoms with Crippen LogP contribution in [0.4, 0.5) is 8.78 Å². The van der Waals surface area contributed by atoms with Crippen LogP contribution in [0.5, 0.6) is 0 Å². The van der Waals surface area contributed by atoms with E-state index < -0.39 is 27.7 Å². The maximum Gasteiger partial charge on any atom is 0.212 e. The van der Waals surface area contributed by atoms with E-state index in [0.29, 0.717) is 13.0 Å². The van der Waals surface area contributed by atoms with Crippen molar-refractivity contribution in [1.82, 2.24) is 4.72 Å². The molecule has 1 heterocycles. The smallest absolute Gasteiger partial charge is 0.212 e. The Morgan fingerprint density at radius 3 is 2.70 bits per heavy atom. The van der Waals surface area contributed by atoms with Crippen molar-refractivity contribution in [2.24, 2.45) is 5.92 Å². The molecule has 1 saturated heterocycles. The lowest BCUT2D eigenvalue weighted by molar-refractivity contribution is 0.108. The predicted octanol–water partition coefficient (Wildman–Crippen LogP) is 2.90. The zero-order valence-corrected chi connectivity index (χ0v) is 13.6. The first-order chi connectivity index (χ1) is 10.9. The lowest BCUT2D eigenvalue weighted by Gasteiger charge is -2.20. The van der Waals surface area contributed by atoms with Crippen LogP contribution in [0, 0.1) is 17.6 Å². The number of halogens is 2. The molecule has 128 valence electrons. The molecule has 23 heavy (non-hydrogen) atoms. The van der Waals surface area contributed by atoms with Crippen molar-refractivity contribution >= 4 is 10.0 Å². The quantitative estimate of drug-likeness (QED) is 0.827. The normalized spacial score (nSPS) is 23.1. The Morgan fingerprint density at radius 1 is 1.26 bits per heavy atom. The highest BCUT2D eigenvalue weighted by atomic mass is 32.2. The molecule has 1 saturated carbocycles. The van der Waals surface area contributed by atoms with E-state index in [1.807, 2.05) is 0 Å². The predicted molar refractivity (Wildman–Crippen MR) is 82.3 cm³/mol. The third kappa shape index (κ3) is 4.49. The van der Waals surface area contributed by atoms with E-state index in [4.69, 9.17) is 4.74 Å². The number of nitrogens with one attached hydrogen (secondary N) is 1. The van der Waals surface area contributed by atoms with Gasteiger partial charge in [-0.25, -0.2) is 21.9 Å². The molecular weight excluding hydrogens is 324 g/mol. The molecule has 1 aromatic rings. The maximum atomic E-state index is 14.0. The molecule has 2 fully saturated rings. The first kappa shape index (κ1) is 16.8. The molecule has 1 aromatic carbocycles. The lowest BCUT2D eigenvalue weighted by Crippen LogP contribution is -2.33. The second-order valence-electron chi connectivity index (χ2n) is 6.34.